The van der Waals surface area contributed by atoms with Crippen LogP contribution in [0.3, 0.4) is 0 Å². The minimum atomic E-state index is -0.348. The van der Waals surface area contributed by atoms with Crippen LogP contribution >= 0.6 is 0 Å². The van der Waals surface area contributed by atoms with Crippen molar-refractivity contribution >= 4 is 11.6 Å². The Hall–Kier alpha value is -1.29. The first-order valence-electron chi connectivity index (χ1n) is 5.23. The van der Waals surface area contributed by atoms with Crippen molar-refractivity contribution < 1.29 is 5.11 Å². The fraction of sp³-hybridized carbons (Fsp3) is 0.545. The molecule has 2 N–H and O–H groups in total. The summed E-state index contributed by atoms with van der Waals surface area (Å²) < 4.78 is 0. The molecule has 0 bridgehead atoms. The van der Waals surface area contributed by atoms with Gasteiger partial charge in [0.15, 0.2) is 0 Å². The van der Waals surface area contributed by atoms with Crippen LogP contribution in [0.15, 0.2) is 18.2 Å². The van der Waals surface area contributed by atoms with E-state index in [1.54, 1.807) is 6.92 Å². The summed E-state index contributed by atoms with van der Waals surface area (Å²) in [4.78, 5) is 6.36. The summed E-state index contributed by atoms with van der Waals surface area (Å²) >= 11 is 0. The van der Waals surface area contributed by atoms with Gasteiger partial charge >= 0.3 is 0 Å². The Kier molecular flexibility index (Phi) is 4.37. The molecular weight excluding hydrogens is 190 g/mol. The first-order chi connectivity index (χ1) is 7.13. The second-order valence-electron chi connectivity index (χ2n) is 3.64. The molecule has 0 aliphatic rings. The topological polar surface area (TPSA) is 48.4 Å². The van der Waals surface area contributed by atoms with Gasteiger partial charge in [-0.25, -0.2) is 4.98 Å². The van der Waals surface area contributed by atoms with Gasteiger partial charge in [-0.1, -0.05) is 6.07 Å². The molecule has 0 aliphatic carbocycles. The molecule has 1 atom stereocenters. The standard InChI is InChI=1S/C11H19N3O/c1-4-12-10-6-5-7-11(13-10)14(3)8-9(2)15/h5-7,9,15H,4,8H2,1-3H3,(H,12,13). The number of nitrogens with zero attached hydrogens (tertiary/aromatic N) is 2. The van der Waals surface area contributed by atoms with Gasteiger partial charge in [0, 0.05) is 20.1 Å². The molecule has 1 rings (SSSR count). The van der Waals surface area contributed by atoms with Gasteiger partial charge in [0.05, 0.1) is 6.10 Å². The fourth-order valence-corrected chi connectivity index (χ4v) is 1.41. The highest BCUT2D eigenvalue weighted by molar-refractivity contribution is 5.46. The molecule has 0 spiro atoms. The van der Waals surface area contributed by atoms with Gasteiger partial charge in [0.1, 0.15) is 11.6 Å². The van der Waals surface area contributed by atoms with E-state index in [-0.39, 0.29) is 6.10 Å². The molecule has 1 unspecified atom stereocenters. The summed E-state index contributed by atoms with van der Waals surface area (Å²) in [6.45, 7) is 5.25. The Morgan fingerprint density at radius 3 is 2.87 bits per heavy atom. The molecule has 1 aromatic heterocycles. The van der Waals surface area contributed by atoms with Crippen molar-refractivity contribution in [2.24, 2.45) is 0 Å². The maximum Gasteiger partial charge on any atom is 0.130 e. The lowest BCUT2D eigenvalue weighted by molar-refractivity contribution is 0.201. The van der Waals surface area contributed by atoms with Crippen molar-refractivity contribution in [3.05, 3.63) is 18.2 Å². The van der Waals surface area contributed by atoms with Crippen molar-refractivity contribution in [1.29, 1.82) is 0 Å². The van der Waals surface area contributed by atoms with Gasteiger partial charge in [-0.2, -0.15) is 0 Å². The van der Waals surface area contributed by atoms with Crippen LogP contribution in [0.2, 0.25) is 0 Å². The first-order valence-corrected chi connectivity index (χ1v) is 5.23. The van der Waals surface area contributed by atoms with E-state index in [2.05, 4.69) is 10.3 Å². The normalized spacial score (nSPS) is 12.3. The maximum absolute atomic E-state index is 9.27. The molecule has 0 saturated carbocycles. The smallest absolute Gasteiger partial charge is 0.130 e. The number of hydrogen-bond donors (Lipinski definition) is 2. The number of pyridine rings is 1. The molecule has 0 aliphatic heterocycles. The number of hydrogen-bond acceptors (Lipinski definition) is 4. The second kappa shape index (κ2) is 5.56. The van der Waals surface area contributed by atoms with E-state index >= 15 is 0 Å². The lowest BCUT2D eigenvalue weighted by Crippen LogP contribution is -2.27. The van der Waals surface area contributed by atoms with E-state index in [1.807, 2.05) is 37.1 Å². The summed E-state index contributed by atoms with van der Waals surface area (Å²) in [5.74, 6) is 1.74. The number of aliphatic hydroxyl groups is 1. The van der Waals surface area contributed by atoms with Crippen LogP contribution in [-0.2, 0) is 0 Å². The monoisotopic (exact) mass is 209 g/mol. The van der Waals surface area contributed by atoms with E-state index in [0.29, 0.717) is 6.54 Å². The summed E-state index contributed by atoms with van der Waals surface area (Å²) in [7, 11) is 1.92. The minimum absolute atomic E-state index is 0.348. The average molecular weight is 209 g/mol. The van der Waals surface area contributed by atoms with Gasteiger partial charge in [-0.15, -0.1) is 0 Å². The van der Waals surface area contributed by atoms with Crippen LogP contribution in [0.25, 0.3) is 0 Å². The van der Waals surface area contributed by atoms with Crippen LogP contribution in [0.4, 0.5) is 11.6 Å². The SMILES string of the molecule is CCNc1cccc(N(C)CC(C)O)n1. The highest BCUT2D eigenvalue weighted by atomic mass is 16.3. The third-order valence-corrected chi connectivity index (χ3v) is 2.02. The van der Waals surface area contributed by atoms with Gasteiger partial charge < -0.3 is 15.3 Å². The van der Waals surface area contributed by atoms with Crippen LogP contribution in [-0.4, -0.2) is 36.3 Å². The van der Waals surface area contributed by atoms with Crippen LogP contribution in [0.5, 0.6) is 0 Å². The Bertz CT molecular complexity index is 302. The van der Waals surface area contributed by atoms with Crippen LogP contribution < -0.4 is 10.2 Å². The van der Waals surface area contributed by atoms with Gasteiger partial charge in [0.2, 0.25) is 0 Å². The number of aromatic nitrogens is 1. The lowest BCUT2D eigenvalue weighted by atomic mass is 10.3. The Morgan fingerprint density at radius 2 is 2.27 bits per heavy atom. The number of anilines is 2. The van der Waals surface area contributed by atoms with Gasteiger partial charge in [0.25, 0.3) is 0 Å². The zero-order valence-electron chi connectivity index (χ0n) is 9.57. The highest BCUT2D eigenvalue weighted by Gasteiger charge is 2.05. The predicted octanol–water partition coefficient (Wildman–Crippen LogP) is 1.33. The quantitative estimate of drug-likeness (QED) is 0.768. The van der Waals surface area contributed by atoms with Gasteiger partial charge in [-0.05, 0) is 26.0 Å². The number of likely N-dealkylation sites (N-methyl/N-ethyl adjacent to an activating group) is 1. The zero-order chi connectivity index (χ0) is 11.3. The molecule has 0 amide bonds. The molecule has 4 nitrogen and oxygen atoms in total. The number of aliphatic hydroxyl groups excluding tert-OH is 1. The van der Waals surface area contributed by atoms with E-state index < -0.39 is 0 Å². The summed E-state index contributed by atoms with van der Waals surface area (Å²) in [6, 6.07) is 5.82. The molecule has 0 saturated heterocycles. The van der Waals surface area contributed by atoms with Crippen molar-refractivity contribution in [3.63, 3.8) is 0 Å². The predicted molar refractivity (Wildman–Crippen MR) is 63.4 cm³/mol. The minimum Gasteiger partial charge on any atom is -0.392 e. The second-order valence-corrected chi connectivity index (χ2v) is 3.64. The van der Waals surface area contributed by atoms with Crippen molar-refractivity contribution in [2.45, 2.75) is 20.0 Å². The van der Waals surface area contributed by atoms with Crippen molar-refractivity contribution in [3.8, 4) is 0 Å². The molecule has 1 heterocycles. The molecule has 0 radical (unpaired) electrons. The Morgan fingerprint density at radius 1 is 1.53 bits per heavy atom. The molecular formula is C11H19N3O. The summed E-state index contributed by atoms with van der Waals surface area (Å²) in [5.41, 5.74) is 0. The molecule has 0 aromatic carbocycles. The zero-order valence-corrected chi connectivity index (χ0v) is 9.57. The van der Waals surface area contributed by atoms with E-state index in [0.717, 1.165) is 18.2 Å². The molecule has 15 heavy (non-hydrogen) atoms. The van der Waals surface area contributed by atoms with E-state index in [1.165, 1.54) is 0 Å². The Labute approximate surface area is 90.9 Å². The Balaban J connectivity index is 2.71. The third kappa shape index (κ3) is 3.75. The first kappa shape index (κ1) is 11.8. The van der Waals surface area contributed by atoms with E-state index in [4.69, 9.17) is 0 Å². The van der Waals surface area contributed by atoms with Crippen LogP contribution in [0.1, 0.15) is 13.8 Å². The maximum atomic E-state index is 9.27. The molecule has 84 valence electrons. The van der Waals surface area contributed by atoms with Crippen molar-refractivity contribution in [2.75, 3.05) is 30.4 Å². The summed E-state index contributed by atoms with van der Waals surface area (Å²) in [6.07, 6.45) is -0.348. The third-order valence-electron chi connectivity index (χ3n) is 2.02. The molecule has 4 heteroatoms. The van der Waals surface area contributed by atoms with Crippen LogP contribution in [0, 0.1) is 0 Å². The largest absolute Gasteiger partial charge is 0.392 e. The molecule has 1 aromatic rings. The van der Waals surface area contributed by atoms with E-state index in [9.17, 15) is 5.11 Å². The molecule has 0 fully saturated rings. The fourth-order valence-electron chi connectivity index (χ4n) is 1.41. The number of nitrogens with one attached hydrogen (secondary N) is 1. The van der Waals surface area contributed by atoms with Gasteiger partial charge in [-0.3, -0.25) is 0 Å². The average Bonchev–Trinajstić information content (AvgIpc) is 2.17. The van der Waals surface area contributed by atoms with Crippen molar-refractivity contribution in [1.82, 2.24) is 4.98 Å². The summed E-state index contributed by atoms with van der Waals surface area (Å²) in [5, 5.41) is 12.4. The lowest BCUT2D eigenvalue weighted by Gasteiger charge is -2.20. The highest BCUT2D eigenvalue weighted by Crippen LogP contribution is 2.12. The number of rotatable bonds is 5.